The number of rotatable bonds is 5. The fraction of sp³-hybridized carbons (Fsp3) is 0.105. The van der Waals surface area contributed by atoms with Gasteiger partial charge in [0.05, 0.1) is 5.69 Å². The highest BCUT2D eigenvalue weighted by Gasteiger charge is 2.18. The van der Waals surface area contributed by atoms with Crippen molar-refractivity contribution in [3.8, 4) is 11.3 Å². The maximum Gasteiger partial charge on any atom is 0.267 e. The van der Waals surface area contributed by atoms with Gasteiger partial charge in [0, 0.05) is 35.3 Å². The molecule has 2 heterocycles. The van der Waals surface area contributed by atoms with E-state index in [4.69, 9.17) is 5.73 Å². The van der Waals surface area contributed by atoms with Crippen LogP contribution in [0.2, 0.25) is 0 Å². The third kappa shape index (κ3) is 4.06. The number of pyridine rings is 1. The summed E-state index contributed by atoms with van der Waals surface area (Å²) < 4.78 is 1.13. The Bertz CT molecular complexity index is 1030. The number of nitrogens with two attached hydrogens (primary N) is 1. The first-order valence-electron chi connectivity index (χ1n) is 8.16. The summed E-state index contributed by atoms with van der Waals surface area (Å²) in [6.07, 6.45) is 3.25. The molecule has 2 amide bonds. The summed E-state index contributed by atoms with van der Waals surface area (Å²) in [7, 11) is 0. The molecule has 0 saturated heterocycles. The normalized spacial score (nSPS) is 11.6. The fourth-order valence-electron chi connectivity index (χ4n) is 2.45. The van der Waals surface area contributed by atoms with Gasteiger partial charge in [-0.05, 0) is 49.4 Å². The van der Waals surface area contributed by atoms with E-state index in [0.29, 0.717) is 16.9 Å². The molecule has 3 rings (SSSR count). The Labute approximate surface area is 154 Å². The molecule has 27 heavy (non-hydrogen) atoms. The molecule has 0 aliphatic carbocycles. The van der Waals surface area contributed by atoms with Gasteiger partial charge in [0.25, 0.3) is 5.56 Å². The van der Waals surface area contributed by atoms with E-state index in [1.54, 1.807) is 49.6 Å². The highest BCUT2D eigenvalue weighted by atomic mass is 16.2. The second-order valence-electron chi connectivity index (χ2n) is 5.84. The maximum atomic E-state index is 12.5. The average Bonchev–Trinajstić information content (AvgIpc) is 2.69. The second kappa shape index (κ2) is 7.61. The molecule has 0 radical (unpaired) electrons. The minimum atomic E-state index is -0.838. The largest absolute Gasteiger partial charge is 0.366 e. The van der Waals surface area contributed by atoms with E-state index in [1.165, 1.54) is 18.2 Å². The lowest BCUT2D eigenvalue weighted by atomic mass is 10.2. The van der Waals surface area contributed by atoms with Crippen LogP contribution in [0.3, 0.4) is 0 Å². The van der Waals surface area contributed by atoms with Crippen molar-refractivity contribution >= 4 is 17.5 Å². The summed E-state index contributed by atoms with van der Waals surface area (Å²) in [5.74, 6) is -0.965. The molecule has 0 aliphatic rings. The molecule has 0 bridgehead atoms. The molecular formula is C19H17N5O3. The van der Waals surface area contributed by atoms with Gasteiger partial charge in [-0.1, -0.05) is 0 Å². The molecule has 0 aliphatic heterocycles. The Morgan fingerprint density at radius 3 is 2.33 bits per heavy atom. The summed E-state index contributed by atoms with van der Waals surface area (Å²) in [5, 5.41) is 6.99. The Hall–Kier alpha value is -3.81. The van der Waals surface area contributed by atoms with Crippen molar-refractivity contribution in [2.24, 2.45) is 5.73 Å². The van der Waals surface area contributed by atoms with Gasteiger partial charge in [0.2, 0.25) is 11.8 Å². The monoisotopic (exact) mass is 363 g/mol. The van der Waals surface area contributed by atoms with Crippen molar-refractivity contribution in [2.45, 2.75) is 13.0 Å². The molecule has 8 heteroatoms. The van der Waals surface area contributed by atoms with E-state index in [0.717, 1.165) is 10.2 Å². The van der Waals surface area contributed by atoms with Crippen molar-refractivity contribution in [2.75, 3.05) is 5.32 Å². The molecule has 8 nitrogen and oxygen atoms in total. The summed E-state index contributed by atoms with van der Waals surface area (Å²) in [4.78, 5) is 39.7. The number of benzene rings is 1. The summed E-state index contributed by atoms with van der Waals surface area (Å²) in [6, 6.07) is 11.8. The quantitative estimate of drug-likeness (QED) is 0.713. The number of carbonyl (C=O) groups is 2. The highest BCUT2D eigenvalue weighted by Crippen LogP contribution is 2.16. The van der Waals surface area contributed by atoms with Crippen molar-refractivity contribution in [3.63, 3.8) is 0 Å². The highest BCUT2D eigenvalue weighted by molar-refractivity contribution is 5.95. The first-order chi connectivity index (χ1) is 13.0. The van der Waals surface area contributed by atoms with Crippen LogP contribution in [0.1, 0.15) is 23.3 Å². The number of hydrogen-bond donors (Lipinski definition) is 2. The minimum Gasteiger partial charge on any atom is -0.366 e. The molecule has 1 atom stereocenters. The number of carbonyl (C=O) groups excluding carboxylic acids is 2. The van der Waals surface area contributed by atoms with Crippen molar-refractivity contribution < 1.29 is 9.59 Å². The van der Waals surface area contributed by atoms with Gasteiger partial charge in [-0.15, -0.1) is 0 Å². The Kier molecular flexibility index (Phi) is 5.07. The van der Waals surface area contributed by atoms with Crippen molar-refractivity contribution in [1.82, 2.24) is 14.8 Å². The van der Waals surface area contributed by atoms with Crippen LogP contribution >= 0.6 is 0 Å². The van der Waals surface area contributed by atoms with Crippen molar-refractivity contribution in [3.05, 3.63) is 76.8 Å². The predicted molar refractivity (Wildman–Crippen MR) is 100 cm³/mol. The maximum absolute atomic E-state index is 12.5. The Morgan fingerprint density at radius 1 is 1.04 bits per heavy atom. The van der Waals surface area contributed by atoms with Gasteiger partial charge in [-0.3, -0.25) is 19.4 Å². The lowest BCUT2D eigenvalue weighted by molar-refractivity contribution is -0.119. The van der Waals surface area contributed by atoms with Gasteiger partial charge in [0.15, 0.2) is 0 Å². The number of anilines is 1. The van der Waals surface area contributed by atoms with Crippen LogP contribution < -0.4 is 16.6 Å². The van der Waals surface area contributed by atoms with Crippen LogP contribution in [-0.4, -0.2) is 26.6 Å². The average molecular weight is 363 g/mol. The number of primary amides is 1. The van der Waals surface area contributed by atoms with Crippen LogP contribution in [-0.2, 0) is 4.79 Å². The zero-order chi connectivity index (χ0) is 19.4. The van der Waals surface area contributed by atoms with Crippen molar-refractivity contribution in [1.29, 1.82) is 0 Å². The molecule has 0 saturated carbocycles. The van der Waals surface area contributed by atoms with Gasteiger partial charge in [0.1, 0.15) is 6.04 Å². The first-order valence-corrected chi connectivity index (χ1v) is 8.16. The summed E-state index contributed by atoms with van der Waals surface area (Å²) in [6.45, 7) is 1.58. The second-order valence-corrected chi connectivity index (χ2v) is 5.84. The molecule has 0 fully saturated rings. The minimum absolute atomic E-state index is 0.337. The lowest BCUT2D eigenvalue weighted by Gasteiger charge is -2.15. The number of amides is 2. The third-order valence-corrected chi connectivity index (χ3v) is 3.98. The number of hydrogen-bond acceptors (Lipinski definition) is 5. The molecule has 136 valence electrons. The van der Waals surface area contributed by atoms with E-state index in [1.807, 2.05) is 0 Å². The molecule has 1 unspecified atom stereocenters. The SMILES string of the molecule is CC(C(=O)Nc1ccc(C(N)=O)cc1)n1nc(-c2ccncc2)ccc1=O. The van der Waals surface area contributed by atoms with Gasteiger partial charge < -0.3 is 11.1 Å². The van der Waals surface area contributed by atoms with E-state index >= 15 is 0 Å². The van der Waals surface area contributed by atoms with Crippen LogP contribution in [0, 0.1) is 0 Å². The van der Waals surface area contributed by atoms with E-state index in [-0.39, 0.29) is 5.56 Å². The molecule has 1 aromatic carbocycles. The lowest BCUT2D eigenvalue weighted by Crippen LogP contribution is -2.33. The zero-order valence-corrected chi connectivity index (χ0v) is 14.5. The molecule has 3 N–H and O–H groups in total. The standard InChI is InChI=1S/C19H17N5O3/c1-12(19(27)22-15-4-2-14(3-5-15)18(20)26)24-17(25)7-6-16(23-24)13-8-10-21-11-9-13/h2-12H,1H3,(H2,20,26)(H,22,27). The van der Waals surface area contributed by atoms with Crippen LogP contribution in [0.4, 0.5) is 5.69 Å². The molecule has 3 aromatic rings. The summed E-state index contributed by atoms with van der Waals surface area (Å²) >= 11 is 0. The van der Waals surface area contributed by atoms with Crippen LogP contribution in [0.25, 0.3) is 11.3 Å². The van der Waals surface area contributed by atoms with Crippen LogP contribution in [0.5, 0.6) is 0 Å². The van der Waals surface area contributed by atoms with E-state index < -0.39 is 17.9 Å². The fourth-order valence-corrected chi connectivity index (χ4v) is 2.45. The molecular weight excluding hydrogens is 346 g/mol. The number of nitrogens with zero attached hydrogens (tertiary/aromatic N) is 3. The first kappa shape index (κ1) is 18.0. The van der Waals surface area contributed by atoms with Gasteiger partial charge in [-0.25, -0.2) is 4.68 Å². The van der Waals surface area contributed by atoms with E-state index in [2.05, 4.69) is 15.4 Å². The predicted octanol–water partition coefficient (Wildman–Crippen LogP) is 1.60. The number of nitrogens with one attached hydrogen (secondary N) is 1. The molecule has 2 aromatic heterocycles. The topological polar surface area (TPSA) is 120 Å². The van der Waals surface area contributed by atoms with E-state index in [9.17, 15) is 14.4 Å². The Balaban J connectivity index is 1.82. The van der Waals surface area contributed by atoms with Crippen LogP contribution in [0.15, 0.2) is 65.7 Å². The Morgan fingerprint density at radius 2 is 1.70 bits per heavy atom. The number of aromatic nitrogens is 3. The zero-order valence-electron chi connectivity index (χ0n) is 14.5. The summed E-state index contributed by atoms with van der Waals surface area (Å²) in [5.41, 5.74) is 6.96. The smallest absolute Gasteiger partial charge is 0.267 e. The molecule has 0 spiro atoms. The van der Waals surface area contributed by atoms with Gasteiger partial charge >= 0.3 is 0 Å². The van der Waals surface area contributed by atoms with Gasteiger partial charge in [-0.2, -0.15) is 5.10 Å². The third-order valence-electron chi connectivity index (χ3n) is 3.98.